The molecule has 1 aromatic heterocycles. The van der Waals surface area contributed by atoms with Crippen molar-refractivity contribution >= 4 is 55.8 Å². The Labute approximate surface area is 403 Å². The van der Waals surface area contributed by atoms with Gasteiger partial charge in [-0.25, -0.2) is 0 Å². The van der Waals surface area contributed by atoms with Crippen LogP contribution in [0.3, 0.4) is 0 Å². The van der Waals surface area contributed by atoms with Crippen LogP contribution in [0.15, 0.2) is 285 Å². The van der Waals surface area contributed by atoms with Crippen LogP contribution >= 0.6 is 0 Å². The normalized spacial score (nSPS) is 11.2. The van der Waals surface area contributed by atoms with E-state index in [4.69, 9.17) is 0 Å². The second-order valence-corrected chi connectivity index (χ2v) is 17.3. The summed E-state index contributed by atoms with van der Waals surface area (Å²) in [5, 5.41) is 3.63. The van der Waals surface area contributed by atoms with E-state index in [2.05, 4.69) is 299 Å². The van der Waals surface area contributed by atoms with Crippen LogP contribution < -0.4 is 9.80 Å². The number of rotatable bonds is 11. The second kappa shape index (κ2) is 18.2. The number of nitrogens with zero attached hydrogens (tertiary/aromatic N) is 3. The summed E-state index contributed by atoms with van der Waals surface area (Å²) in [5.74, 6) is 0. The molecule has 3 heteroatoms. The molecule has 0 aliphatic heterocycles. The van der Waals surface area contributed by atoms with Gasteiger partial charge in [0, 0.05) is 56.1 Å². The van der Waals surface area contributed by atoms with Crippen molar-refractivity contribution in [3.8, 4) is 50.3 Å². The molecular weight excluding hydrogens is 835 g/mol. The standard InChI is InChI=1S/C66H47N3/c1-7-20-48(21-8-1)49-34-38-56(39-35-49)68(59-44-42-58(43-45-59)67(53-26-13-4-14-27-53)54-28-15-5-16-29-54)57-40-36-50(37-41-57)60-32-19-33-62-61(60)46-47-63-64(51-22-9-2-10-23-51)65(52-24-11-3-12-25-52)69(66(62)63)55-30-17-6-18-31-55/h1-47H. The minimum Gasteiger partial charge on any atom is -0.311 e. The average Bonchev–Trinajstić information content (AvgIpc) is 3.79. The van der Waals surface area contributed by atoms with E-state index in [9.17, 15) is 0 Å². The van der Waals surface area contributed by atoms with Crippen LogP contribution in [0.2, 0.25) is 0 Å². The molecule has 0 saturated carbocycles. The maximum Gasteiger partial charge on any atom is 0.0620 e. The highest BCUT2D eigenvalue weighted by molar-refractivity contribution is 6.18. The third-order valence-corrected chi connectivity index (χ3v) is 13.2. The van der Waals surface area contributed by atoms with Gasteiger partial charge in [0.25, 0.3) is 0 Å². The zero-order valence-corrected chi connectivity index (χ0v) is 38.0. The summed E-state index contributed by atoms with van der Waals surface area (Å²) in [6, 6.07) is 103. The van der Waals surface area contributed by atoms with E-state index in [1.54, 1.807) is 0 Å². The van der Waals surface area contributed by atoms with Crippen molar-refractivity contribution in [2.24, 2.45) is 0 Å². The first-order valence-corrected chi connectivity index (χ1v) is 23.6. The summed E-state index contributed by atoms with van der Waals surface area (Å²) in [6.45, 7) is 0. The highest BCUT2D eigenvalue weighted by Crippen LogP contribution is 2.47. The molecule has 326 valence electrons. The van der Waals surface area contributed by atoms with E-state index in [0.717, 1.165) is 45.4 Å². The Bertz CT molecular complexity index is 3610. The van der Waals surface area contributed by atoms with Crippen molar-refractivity contribution < 1.29 is 0 Å². The molecule has 12 aromatic rings. The van der Waals surface area contributed by atoms with E-state index < -0.39 is 0 Å². The maximum absolute atomic E-state index is 2.48. The Kier molecular flexibility index (Phi) is 10.9. The zero-order chi connectivity index (χ0) is 45.9. The Morgan fingerprint density at radius 1 is 0.232 bits per heavy atom. The van der Waals surface area contributed by atoms with Gasteiger partial charge in [-0.1, -0.05) is 200 Å². The lowest BCUT2D eigenvalue weighted by molar-refractivity contribution is 1.14. The Morgan fingerprint density at radius 2 is 0.609 bits per heavy atom. The maximum atomic E-state index is 2.48. The largest absolute Gasteiger partial charge is 0.311 e. The summed E-state index contributed by atoms with van der Waals surface area (Å²) < 4.78 is 2.48. The molecule has 0 radical (unpaired) electrons. The fourth-order valence-corrected chi connectivity index (χ4v) is 10.0. The van der Waals surface area contributed by atoms with Crippen molar-refractivity contribution in [2.75, 3.05) is 9.80 Å². The molecule has 0 fully saturated rings. The fourth-order valence-electron chi connectivity index (χ4n) is 10.0. The minimum atomic E-state index is 1.07. The summed E-state index contributed by atoms with van der Waals surface area (Å²) in [6.07, 6.45) is 0. The van der Waals surface area contributed by atoms with E-state index in [0.29, 0.717) is 0 Å². The molecule has 0 saturated heterocycles. The smallest absolute Gasteiger partial charge is 0.0620 e. The monoisotopic (exact) mass is 881 g/mol. The molecule has 0 N–H and O–H groups in total. The third kappa shape index (κ3) is 7.82. The molecule has 0 aliphatic rings. The van der Waals surface area contributed by atoms with Crippen molar-refractivity contribution in [3.63, 3.8) is 0 Å². The molecule has 0 amide bonds. The van der Waals surface area contributed by atoms with Gasteiger partial charge in [-0.05, 0) is 124 Å². The van der Waals surface area contributed by atoms with E-state index >= 15 is 0 Å². The average molecular weight is 882 g/mol. The van der Waals surface area contributed by atoms with Crippen molar-refractivity contribution in [1.82, 2.24) is 4.57 Å². The number of benzene rings is 11. The molecule has 0 atom stereocenters. The predicted molar refractivity (Wildman–Crippen MR) is 292 cm³/mol. The van der Waals surface area contributed by atoms with Crippen LogP contribution in [0.4, 0.5) is 34.1 Å². The van der Waals surface area contributed by atoms with Crippen LogP contribution in [0.1, 0.15) is 0 Å². The molecule has 0 bridgehead atoms. The van der Waals surface area contributed by atoms with Gasteiger partial charge in [0.1, 0.15) is 0 Å². The van der Waals surface area contributed by atoms with Crippen molar-refractivity contribution in [3.05, 3.63) is 285 Å². The minimum absolute atomic E-state index is 1.07. The first kappa shape index (κ1) is 41.3. The SMILES string of the molecule is c1ccc(-c2ccc(N(c3ccc(-c4cccc5c4ccc4c(-c6ccccc6)c(-c6ccccc6)n(-c6ccccc6)c45)cc3)c3ccc(N(c4ccccc4)c4ccccc4)cc3)cc2)cc1. The van der Waals surface area contributed by atoms with Gasteiger partial charge in [-0.2, -0.15) is 0 Å². The van der Waals surface area contributed by atoms with Gasteiger partial charge in [0.15, 0.2) is 0 Å². The van der Waals surface area contributed by atoms with Gasteiger partial charge in [-0.3, -0.25) is 0 Å². The molecule has 11 aromatic carbocycles. The van der Waals surface area contributed by atoms with E-state index in [1.165, 1.54) is 60.8 Å². The molecule has 69 heavy (non-hydrogen) atoms. The first-order chi connectivity index (χ1) is 34.3. The molecule has 0 spiro atoms. The lowest BCUT2D eigenvalue weighted by Crippen LogP contribution is -2.12. The molecule has 3 nitrogen and oxygen atoms in total. The summed E-state index contributed by atoms with van der Waals surface area (Å²) in [7, 11) is 0. The highest BCUT2D eigenvalue weighted by atomic mass is 15.2. The quantitative estimate of drug-likeness (QED) is 0.128. The molecule has 0 aliphatic carbocycles. The van der Waals surface area contributed by atoms with E-state index in [1.807, 2.05) is 0 Å². The predicted octanol–water partition coefficient (Wildman–Crippen LogP) is 18.4. The van der Waals surface area contributed by atoms with Gasteiger partial charge in [0.2, 0.25) is 0 Å². The Morgan fingerprint density at radius 3 is 1.12 bits per heavy atom. The highest BCUT2D eigenvalue weighted by Gasteiger charge is 2.24. The van der Waals surface area contributed by atoms with Crippen molar-refractivity contribution in [2.45, 2.75) is 0 Å². The lowest BCUT2D eigenvalue weighted by Gasteiger charge is -2.28. The summed E-state index contributed by atoms with van der Waals surface area (Å²) in [5.41, 5.74) is 18.4. The van der Waals surface area contributed by atoms with Crippen LogP contribution in [0, 0.1) is 0 Å². The van der Waals surface area contributed by atoms with Gasteiger partial charge < -0.3 is 14.4 Å². The van der Waals surface area contributed by atoms with E-state index in [-0.39, 0.29) is 0 Å². The number of fused-ring (bicyclic) bond motifs is 3. The second-order valence-electron chi connectivity index (χ2n) is 17.3. The van der Waals surface area contributed by atoms with Gasteiger partial charge in [0.05, 0.1) is 11.2 Å². The first-order valence-electron chi connectivity index (χ1n) is 23.6. The molecule has 0 unspecified atom stereocenters. The Hall–Kier alpha value is -9.18. The topological polar surface area (TPSA) is 11.4 Å². The number of aromatic nitrogens is 1. The van der Waals surface area contributed by atoms with Crippen LogP contribution in [0.25, 0.3) is 72.0 Å². The fraction of sp³-hybridized carbons (Fsp3) is 0. The van der Waals surface area contributed by atoms with Crippen molar-refractivity contribution in [1.29, 1.82) is 0 Å². The van der Waals surface area contributed by atoms with Crippen LogP contribution in [-0.2, 0) is 0 Å². The number of hydrogen-bond donors (Lipinski definition) is 0. The van der Waals surface area contributed by atoms with Crippen LogP contribution in [0.5, 0.6) is 0 Å². The van der Waals surface area contributed by atoms with Gasteiger partial charge >= 0.3 is 0 Å². The zero-order valence-electron chi connectivity index (χ0n) is 38.0. The lowest BCUT2D eigenvalue weighted by atomic mass is 9.94. The Balaban J connectivity index is 0.983. The third-order valence-electron chi connectivity index (χ3n) is 13.2. The van der Waals surface area contributed by atoms with Gasteiger partial charge in [-0.15, -0.1) is 0 Å². The molecule has 12 rings (SSSR count). The molecule has 1 heterocycles. The summed E-state index contributed by atoms with van der Waals surface area (Å²) in [4.78, 5) is 4.66. The number of anilines is 6. The summed E-state index contributed by atoms with van der Waals surface area (Å²) >= 11 is 0. The number of para-hydroxylation sites is 3. The number of hydrogen-bond acceptors (Lipinski definition) is 2. The van der Waals surface area contributed by atoms with Crippen LogP contribution in [-0.4, -0.2) is 4.57 Å². The molecular formula is C66H47N3.